The molecule has 0 atom stereocenters. The third-order valence-electron chi connectivity index (χ3n) is 6.42. The van der Waals surface area contributed by atoms with E-state index in [0.717, 1.165) is 36.3 Å². The lowest BCUT2D eigenvalue weighted by molar-refractivity contribution is -0.0546. The van der Waals surface area contributed by atoms with Gasteiger partial charge in [0.15, 0.2) is 17.4 Å². The van der Waals surface area contributed by atoms with Gasteiger partial charge in [-0.25, -0.2) is 13.2 Å². The van der Waals surface area contributed by atoms with Gasteiger partial charge in [-0.05, 0) is 66.7 Å². The molecule has 0 saturated heterocycles. The zero-order valence-electron chi connectivity index (χ0n) is 18.1. The molecule has 33 heavy (non-hydrogen) atoms. The number of benzene rings is 3. The first kappa shape index (κ1) is 23.1. The average molecular weight is 458 g/mol. The van der Waals surface area contributed by atoms with Crippen LogP contribution in [0, 0.1) is 35.2 Å². The predicted octanol–water partition coefficient (Wildman–Crippen LogP) is 7.94. The van der Waals surface area contributed by atoms with Crippen molar-refractivity contribution < 1.29 is 26.7 Å². The molecule has 4 rings (SSSR count). The largest absolute Gasteiger partial charge is 0.429 e. The maximum atomic E-state index is 15.1. The van der Waals surface area contributed by atoms with Crippen molar-refractivity contribution in [3.05, 3.63) is 76.6 Å². The zero-order valence-corrected chi connectivity index (χ0v) is 18.1. The highest BCUT2D eigenvalue weighted by atomic mass is 19.3. The van der Waals surface area contributed by atoms with Crippen LogP contribution in [0.25, 0.3) is 10.8 Å². The fraction of sp³-hybridized carbons (Fsp3) is 0.333. The summed E-state index contributed by atoms with van der Waals surface area (Å²) >= 11 is 0. The summed E-state index contributed by atoms with van der Waals surface area (Å²) in [7, 11) is 0. The third-order valence-corrected chi connectivity index (χ3v) is 6.42. The van der Waals surface area contributed by atoms with E-state index >= 15 is 4.39 Å². The van der Waals surface area contributed by atoms with Crippen molar-refractivity contribution in [3.63, 3.8) is 0 Å². The molecule has 0 aliphatic heterocycles. The molecule has 0 aromatic heterocycles. The number of hydrogen-bond donors (Lipinski definition) is 0. The first-order valence-electron chi connectivity index (χ1n) is 11.0. The van der Waals surface area contributed by atoms with Gasteiger partial charge in [0.25, 0.3) is 0 Å². The van der Waals surface area contributed by atoms with Crippen LogP contribution < -0.4 is 4.74 Å². The number of rotatable bonds is 4. The van der Waals surface area contributed by atoms with Crippen molar-refractivity contribution in [1.29, 1.82) is 0 Å². The summed E-state index contributed by atoms with van der Waals surface area (Å²) in [6, 6.07) is 10.6. The molecule has 0 amide bonds. The molecule has 3 aromatic carbocycles. The smallest absolute Gasteiger partial charge is 0.387 e. The van der Waals surface area contributed by atoms with Gasteiger partial charge in [0.05, 0.1) is 5.56 Å². The van der Waals surface area contributed by atoms with E-state index in [1.54, 1.807) is 12.1 Å². The van der Waals surface area contributed by atoms with Gasteiger partial charge in [-0.15, -0.1) is 0 Å². The van der Waals surface area contributed by atoms with Gasteiger partial charge < -0.3 is 4.74 Å². The molecule has 0 bridgehead atoms. The van der Waals surface area contributed by atoms with E-state index in [1.165, 1.54) is 30.9 Å². The Morgan fingerprint density at radius 3 is 2.24 bits per heavy atom. The second kappa shape index (κ2) is 9.82. The van der Waals surface area contributed by atoms with Crippen LogP contribution in [0.4, 0.5) is 22.0 Å². The van der Waals surface area contributed by atoms with Gasteiger partial charge in [-0.1, -0.05) is 49.5 Å². The van der Waals surface area contributed by atoms with E-state index in [0.29, 0.717) is 11.3 Å². The molecular formula is C27H23F5O. The van der Waals surface area contributed by atoms with E-state index in [-0.39, 0.29) is 11.1 Å². The van der Waals surface area contributed by atoms with E-state index in [1.807, 2.05) is 12.1 Å². The molecule has 1 aliphatic rings. The Hall–Kier alpha value is -3.07. The van der Waals surface area contributed by atoms with Crippen LogP contribution in [-0.2, 0) is 0 Å². The van der Waals surface area contributed by atoms with Crippen molar-refractivity contribution in [2.45, 2.75) is 51.6 Å². The van der Waals surface area contributed by atoms with Crippen molar-refractivity contribution in [1.82, 2.24) is 0 Å². The lowest BCUT2D eigenvalue weighted by atomic mass is 9.77. The summed E-state index contributed by atoms with van der Waals surface area (Å²) in [6.45, 7) is -1.13. The Morgan fingerprint density at radius 2 is 1.61 bits per heavy atom. The number of hydrogen-bond acceptors (Lipinski definition) is 1. The molecule has 1 nitrogen and oxygen atoms in total. The number of fused-ring (bicyclic) bond motifs is 1. The van der Waals surface area contributed by atoms with E-state index in [4.69, 9.17) is 0 Å². The van der Waals surface area contributed by atoms with Crippen molar-refractivity contribution >= 4 is 10.8 Å². The molecular weight excluding hydrogens is 435 g/mol. The van der Waals surface area contributed by atoms with Gasteiger partial charge in [-0.3, -0.25) is 0 Å². The molecule has 3 aromatic rings. The highest BCUT2D eigenvalue weighted by molar-refractivity contribution is 5.85. The molecule has 6 heteroatoms. The summed E-state index contributed by atoms with van der Waals surface area (Å²) in [5, 5.41) is 1.20. The standard InChI is InChI=1S/C27H23F5O/c1-2-16-3-6-18(7-4-16)20-11-12-22-21(15-20)10-9-19(25(22)30)8-5-17-13-23(28)26(24(29)14-17)33-27(31)32/h9-16,18,27H,2-4,6-7H2,1H3. The molecule has 1 aliphatic carbocycles. The zero-order chi connectivity index (χ0) is 23.5. The normalized spacial score (nSPS) is 18.3. The van der Waals surface area contributed by atoms with Crippen molar-refractivity contribution in [2.75, 3.05) is 0 Å². The quantitative estimate of drug-likeness (QED) is 0.285. The van der Waals surface area contributed by atoms with Crippen LogP contribution in [0.15, 0.2) is 42.5 Å². The van der Waals surface area contributed by atoms with E-state index in [9.17, 15) is 17.6 Å². The lowest BCUT2D eigenvalue weighted by Gasteiger charge is -2.28. The Bertz CT molecular complexity index is 1190. The van der Waals surface area contributed by atoms with Crippen LogP contribution in [-0.4, -0.2) is 6.61 Å². The Labute approximate surface area is 189 Å². The predicted molar refractivity (Wildman–Crippen MR) is 118 cm³/mol. The molecule has 1 fully saturated rings. The van der Waals surface area contributed by atoms with Crippen LogP contribution in [0.1, 0.15) is 61.6 Å². The van der Waals surface area contributed by atoms with Gasteiger partial charge in [0.1, 0.15) is 5.82 Å². The second-order valence-corrected chi connectivity index (χ2v) is 8.43. The molecule has 0 unspecified atom stereocenters. The van der Waals surface area contributed by atoms with Gasteiger partial charge in [0.2, 0.25) is 0 Å². The number of ether oxygens (including phenoxy) is 1. The summed E-state index contributed by atoms with van der Waals surface area (Å²) in [6.07, 6.45) is 5.94. The molecule has 0 heterocycles. The maximum absolute atomic E-state index is 15.1. The third kappa shape index (κ3) is 5.13. The topological polar surface area (TPSA) is 9.23 Å². The lowest BCUT2D eigenvalue weighted by Crippen LogP contribution is -2.12. The highest BCUT2D eigenvalue weighted by Crippen LogP contribution is 2.38. The summed E-state index contributed by atoms with van der Waals surface area (Å²) < 4.78 is 71.2. The van der Waals surface area contributed by atoms with E-state index in [2.05, 4.69) is 23.5 Å². The molecule has 172 valence electrons. The molecule has 0 spiro atoms. The first-order valence-corrected chi connectivity index (χ1v) is 11.0. The van der Waals surface area contributed by atoms with Crippen LogP contribution in [0.5, 0.6) is 5.75 Å². The van der Waals surface area contributed by atoms with Crippen molar-refractivity contribution in [3.8, 4) is 17.6 Å². The van der Waals surface area contributed by atoms with Crippen LogP contribution in [0.3, 0.4) is 0 Å². The number of alkyl halides is 2. The SMILES string of the molecule is CCC1CCC(c2ccc3c(F)c(C#Cc4cc(F)c(OC(F)F)c(F)c4)ccc3c2)CC1. The highest BCUT2D eigenvalue weighted by Gasteiger charge is 2.22. The minimum absolute atomic E-state index is 0.0763. The van der Waals surface area contributed by atoms with Gasteiger partial charge >= 0.3 is 6.61 Å². The summed E-state index contributed by atoms with van der Waals surface area (Å²) in [5.41, 5.74) is 1.17. The van der Waals surface area contributed by atoms with Crippen LogP contribution in [0.2, 0.25) is 0 Å². The fourth-order valence-electron chi connectivity index (χ4n) is 4.54. The first-order chi connectivity index (χ1) is 15.9. The molecule has 0 radical (unpaired) electrons. The molecule has 1 saturated carbocycles. The summed E-state index contributed by atoms with van der Waals surface area (Å²) in [5.74, 6) is 2.05. The minimum atomic E-state index is -3.36. The van der Waals surface area contributed by atoms with E-state index < -0.39 is 29.8 Å². The Kier molecular flexibility index (Phi) is 6.88. The Balaban J connectivity index is 1.58. The summed E-state index contributed by atoms with van der Waals surface area (Å²) in [4.78, 5) is 0. The monoisotopic (exact) mass is 458 g/mol. The van der Waals surface area contributed by atoms with Crippen molar-refractivity contribution in [2.24, 2.45) is 5.92 Å². The average Bonchev–Trinajstić information content (AvgIpc) is 2.81. The Morgan fingerprint density at radius 1 is 0.909 bits per heavy atom. The van der Waals surface area contributed by atoms with Gasteiger partial charge in [-0.2, -0.15) is 8.78 Å². The minimum Gasteiger partial charge on any atom is -0.429 e. The van der Waals surface area contributed by atoms with Gasteiger partial charge in [0, 0.05) is 10.9 Å². The van der Waals surface area contributed by atoms with Crippen LogP contribution >= 0.6 is 0 Å². The number of halogens is 5. The fourth-order valence-corrected chi connectivity index (χ4v) is 4.54. The second-order valence-electron chi connectivity index (χ2n) is 8.43. The maximum Gasteiger partial charge on any atom is 0.387 e. The molecule has 0 N–H and O–H groups in total.